The Morgan fingerprint density at radius 2 is 2.11 bits per heavy atom. The topological polar surface area (TPSA) is 89.8 Å². The van der Waals surface area contributed by atoms with Gasteiger partial charge in [-0.25, -0.2) is 9.37 Å². The Kier molecular flexibility index (Phi) is 4.15. The van der Waals surface area contributed by atoms with Crippen LogP contribution in [0.1, 0.15) is 23.6 Å². The average molecular weight is 367 g/mol. The zero-order valence-electron chi connectivity index (χ0n) is 14.0. The second kappa shape index (κ2) is 6.64. The van der Waals surface area contributed by atoms with E-state index in [1.807, 2.05) is 0 Å². The average Bonchev–Trinajstić information content (AvgIpc) is 2.65. The van der Waals surface area contributed by atoms with Crippen molar-refractivity contribution in [1.82, 2.24) is 9.38 Å². The smallest absolute Gasteiger partial charge is 0.314 e. The molecule has 1 atom stereocenters. The Hall–Kier alpha value is -3.55. The van der Waals surface area contributed by atoms with Crippen LogP contribution in [0.4, 0.5) is 10.1 Å². The SMILES string of the molecule is O=C1CC(C(=O)OCc2cc(=O)n3ccccc3n2)c2ccc(F)cc2N1. The number of pyridine rings is 1. The van der Waals surface area contributed by atoms with Crippen LogP contribution in [-0.2, 0) is 20.9 Å². The first-order chi connectivity index (χ1) is 13.0. The first kappa shape index (κ1) is 16.9. The molecular formula is C19H14FN3O4. The number of hydrogen-bond donors (Lipinski definition) is 1. The van der Waals surface area contributed by atoms with Gasteiger partial charge in [-0.15, -0.1) is 0 Å². The second-order valence-electron chi connectivity index (χ2n) is 6.16. The van der Waals surface area contributed by atoms with Crippen LogP contribution in [0.15, 0.2) is 53.5 Å². The monoisotopic (exact) mass is 367 g/mol. The highest BCUT2D eigenvalue weighted by atomic mass is 19.1. The van der Waals surface area contributed by atoms with Gasteiger partial charge in [0.2, 0.25) is 5.91 Å². The number of ether oxygens (including phenoxy) is 1. The summed E-state index contributed by atoms with van der Waals surface area (Å²) in [7, 11) is 0. The van der Waals surface area contributed by atoms with E-state index in [2.05, 4.69) is 10.3 Å². The Labute approximate surface area is 152 Å². The van der Waals surface area contributed by atoms with Crippen molar-refractivity contribution in [1.29, 1.82) is 0 Å². The molecule has 1 aliphatic heterocycles. The first-order valence-electron chi connectivity index (χ1n) is 8.24. The van der Waals surface area contributed by atoms with E-state index < -0.39 is 23.6 Å². The van der Waals surface area contributed by atoms with E-state index in [0.717, 1.165) is 0 Å². The largest absolute Gasteiger partial charge is 0.459 e. The first-order valence-corrected chi connectivity index (χ1v) is 8.24. The van der Waals surface area contributed by atoms with E-state index in [1.54, 1.807) is 24.4 Å². The van der Waals surface area contributed by atoms with Crippen molar-refractivity contribution >= 4 is 23.2 Å². The number of rotatable bonds is 3. The van der Waals surface area contributed by atoms with E-state index >= 15 is 0 Å². The number of esters is 1. The van der Waals surface area contributed by atoms with Crippen LogP contribution in [0.25, 0.3) is 5.65 Å². The molecule has 0 aliphatic carbocycles. The van der Waals surface area contributed by atoms with Gasteiger partial charge in [0.1, 0.15) is 18.1 Å². The number of fused-ring (bicyclic) bond motifs is 2. The Bertz CT molecular complexity index is 1130. The summed E-state index contributed by atoms with van der Waals surface area (Å²) in [6.45, 7) is -0.200. The lowest BCUT2D eigenvalue weighted by Crippen LogP contribution is -2.28. The predicted octanol–water partition coefficient (Wildman–Crippen LogP) is 2.00. The normalized spacial score (nSPS) is 15.9. The molecule has 0 spiro atoms. The Balaban J connectivity index is 1.55. The minimum atomic E-state index is -0.837. The molecule has 4 rings (SSSR count). The maximum absolute atomic E-state index is 13.4. The van der Waals surface area contributed by atoms with E-state index in [4.69, 9.17) is 4.74 Å². The van der Waals surface area contributed by atoms with Crippen molar-refractivity contribution in [2.75, 3.05) is 5.32 Å². The number of amides is 1. The molecule has 8 heteroatoms. The zero-order chi connectivity index (χ0) is 19.0. The minimum Gasteiger partial charge on any atom is -0.459 e. The maximum Gasteiger partial charge on any atom is 0.314 e. The highest BCUT2D eigenvalue weighted by Crippen LogP contribution is 2.33. The number of aromatic nitrogens is 2. The highest BCUT2D eigenvalue weighted by Gasteiger charge is 2.32. The van der Waals surface area contributed by atoms with Crippen LogP contribution in [0.3, 0.4) is 0 Å². The molecular weight excluding hydrogens is 353 g/mol. The van der Waals surface area contributed by atoms with Gasteiger partial charge in [-0.1, -0.05) is 12.1 Å². The van der Waals surface area contributed by atoms with Crippen LogP contribution in [0, 0.1) is 5.82 Å². The van der Waals surface area contributed by atoms with Crippen molar-refractivity contribution in [3.8, 4) is 0 Å². The summed E-state index contributed by atoms with van der Waals surface area (Å²) in [5.41, 5.74) is 1.21. The molecule has 0 radical (unpaired) electrons. The van der Waals surface area contributed by atoms with Gasteiger partial charge in [-0.05, 0) is 29.8 Å². The van der Waals surface area contributed by atoms with Gasteiger partial charge >= 0.3 is 5.97 Å². The third kappa shape index (κ3) is 3.29. The number of benzene rings is 1. The molecule has 1 aliphatic rings. The van der Waals surface area contributed by atoms with Crippen LogP contribution >= 0.6 is 0 Å². The molecule has 0 saturated heterocycles. The van der Waals surface area contributed by atoms with Gasteiger partial charge in [0.05, 0.1) is 11.6 Å². The Morgan fingerprint density at radius 1 is 1.26 bits per heavy atom. The quantitative estimate of drug-likeness (QED) is 0.715. The molecule has 1 N–H and O–H groups in total. The minimum absolute atomic E-state index is 0.0920. The van der Waals surface area contributed by atoms with E-state index in [-0.39, 0.29) is 24.3 Å². The molecule has 1 amide bonds. The second-order valence-corrected chi connectivity index (χ2v) is 6.16. The number of hydrogen-bond acceptors (Lipinski definition) is 5. The van der Waals surface area contributed by atoms with Gasteiger partial charge in [0.15, 0.2) is 0 Å². The fourth-order valence-corrected chi connectivity index (χ4v) is 3.07. The van der Waals surface area contributed by atoms with Gasteiger partial charge in [-0.2, -0.15) is 0 Å². The molecule has 136 valence electrons. The van der Waals surface area contributed by atoms with Gasteiger partial charge in [0, 0.05) is 24.4 Å². The van der Waals surface area contributed by atoms with Crippen LogP contribution in [0.5, 0.6) is 0 Å². The number of nitrogens with one attached hydrogen (secondary N) is 1. The van der Waals surface area contributed by atoms with Crippen molar-refractivity contribution < 1.29 is 18.7 Å². The summed E-state index contributed by atoms with van der Waals surface area (Å²) in [6, 6.07) is 10.3. The van der Waals surface area contributed by atoms with E-state index in [1.165, 1.54) is 28.7 Å². The summed E-state index contributed by atoms with van der Waals surface area (Å²) < 4.78 is 20.0. The van der Waals surface area contributed by atoms with Crippen LogP contribution in [-0.4, -0.2) is 21.3 Å². The van der Waals surface area contributed by atoms with Crippen LogP contribution in [0.2, 0.25) is 0 Å². The molecule has 3 heterocycles. The number of anilines is 1. The third-order valence-electron chi connectivity index (χ3n) is 4.33. The lowest BCUT2D eigenvalue weighted by Gasteiger charge is -2.24. The predicted molar refractivity (Wildman–Crippen MR) is 93.6 cm³/mol. The highest BCUT2D eigenvalue weighted by molar-refractivity contribution is 5.99. The number of carbonyl (C=O) groups excluding carboxylic acids is 2. The summed E-state index contributed by atoms with van der Waals surface area (Å²) in [5, 5.41) is 2.54. The van der Waals surface area contributed by atoms with Crippen molar-refractivity contribution in [2.24, 2.45) is 0 Å². The third-order valence-corrected chi connectivity index (χ3v) is 4.33. The van der Waals surface area contributed by atoms with Crippen molar-refractivity contribution in [3.63, 3.8) is 0 Å². The number of nitrogens with zero attached hydrogens (tertiary/aromatic N) is 2. The molecule has 27 heavy (non-hydrogen) atoms. The number of carbonyl (C=O) groups is 2. The van der Waals surface area contributed by atoms with E-state index in [0.29, 0.717) is 16.9 Å². The van der Waals surface area contributed by atoms with Gasteiger partial charge < -0.3 is 10.1 Å². The molecule has 1 unspecified atom stereocenters. The maximum atomic E-state index is 13.4. The fraction of sp³-hybridized carbons (Fsp3) is 0.158. The summed E-state index contributed by atoms with van der Waals surface area (Å²) in [4.78, 5) is 40.7. The molecule has 2 aromatic heterocycles. The fourth-order valence-electron chi connectivity index (χ4n) is 3.07. The molecule has 0 fully saturated rings. The lowest BCUT2D eigenvalue weighted by molar-refractivity contribution is -0.148. The van der Waals surface area contributed by atoms with Gasteiger partial charge in [0.25, 0.3) is 5.56 Å². The van der Waals surface area contributed by atoms with Crippen molar-refractivity contribution in [3.05, 3.63) is 76.1 Å². The lowest BCUT2D eigenvalue weighted by atomic mass is 9.90. The zero-order valence-corrected chi connectivity index (χ0v) is 14.0. The van der Waals surface area contributed by atoms with Crippen molar-refractivity contribution in [2.45, 2.75) is 18.9 Å². The summed E-state index contributed by atoms with van der Waals surface area (Å²) in [6.07, 6.45) is 1.50. The molecule has 0 saturated carbocycles. The standard InChI is InChI=1S/C19H14FN3O4/c20-11-4-5-13-14(9-17(24)22-15(13)7-11)19(26)27-10-12-8-18(25)23-6-2-1-3-16(23)21-12/h1-8,14H,9-10H2,(H,22,24). The van der Waals surface area contributed by atoms with Gasteiger partial charge in [-0.3, -0.25) is 18.8 Å². The summed E-state index contributed by atoms with van der Waals surface area (Å²) >= 11 is 0. The Morgan fingerprint density at radius 3 is 2.96 bits per heavy atom. The van der Waals surface area contributed by atoms with E-state index in [9.17, 15) is 18.8 Å². The van der Waals surface area contributed by atoms with Crippen LogP contribution < -0.4 is 10.9 Å². The molecule has 7 nitrogen and oxygen atoms in total. The molecule has 3 aromatic rings. The number of halogens is 1. The molecule has 1 aromatic carbocycles. The molecule has 0 bridgehead atoms. The summed E-state index contributed by atoms with van der Waals surface area (Å²) in [5.74, 6) is -2.37.